The van der Waals surface area contributed by atoms with E-state index in [0.717, 1.165) is 25.9 Å². The molecule has 1 aliphatic rings. The van der Waals surface area contributed by atoms with Gasteiger partial charge >= 0.3 is 6.03 Å². The maximum absolute atomic E-state index is 12.1. The van der Waals surface area contributed by atoms with Crippen molar-refractivity contribution in [3.8, 4) is 5.75 Å². The molecule has 7 nitrogen and oxygen atoms in total. The Morgan fingerprint density at radius 3 is 2.62 bits per heavy atom. The second-order valence-electron chi connectivity index (χ2n) is 6.17. The van der Waals surface area contributed by atoms with Gasteiger partial charge in [-0.3, -0.25) is 9.69 Å². The van der Waals surface area contributed by atoms with Gasteiger partial charge in [-0.2, -0.15) is 0 Å². The van der Waals surface area contributed by atoms with Crippen molar-refractivity contribution in [2.75, 3.05) is 46.2 Å². The number of carbonyl (C=O) groups excluding carboxylic acids is 2. The number of hydrogen-bond acceptors (Lipinski definition) is 4. The number of amides is 3. The molecule has 2 rings (SSSR count). The van der Waals surface area contributed by atoms with Crippen LogP contribution in [-0.4, -0.2) is 68.6 Å². The Bertz CT molecular complexity index is 569. The van der Waals surface area contributed by atoms with Gasteiger partial charge in [0.25, 0.3) is 0 Å². The van der Waals surface area contributed by atoms with Crippen LogP contribution in [0.1, 0.15) is 12.8 Å². The first-order valence-corrected chi connectivity index (χ1v) is 8.12. The summed E-state index contributed by atoms with van der Waals surface area (Å²) in [7, 11) is 5.12. The predicted molar refractivity (Wildman–Crippen MR) is 93.3 cm³/mol. The van der Waals surface area contributed by atoms with E-state index in [1.807, 2.05) is 18.2 Å². The standard InChI is InChI=1S/C17H26N4O3/c1-20(2)16(22)12-21-9-7-13(8-10-21)18-17(23)19-14-5-4-6-15(11-14)24-3/h4-6,11,13H,7-10,12H2,1-3H3,(H2,18,19,23). The zero-order valence-corrected chi connectivity index (χ0v) is 14.5. The summed E-state index contributed by atoms with van der Waals surface area (Å²) in [6, 6.07) is 7.15. The molecule has 2 N–H and O–H groups in total. The highest BCUT2D eigenvalue weighted by Gasteiger charge is 2.22. The van der Waals surface area contributed by atoms with E-state index in [2.05, 4.69) is 15.5 Å². The van der Waals surface area contributed by atoms with Crippen LogP contribution in [-0.2, 0) is 4.79 Å². The van der Waals surface area contributed by atoms with Crippen molar-refractivity contribution >= 4 is 17.6 Å². The van der Waals surface area contributed by atoms with E-state index < -0.39 is 0 Å². The quantitative estimate of drug-likeness (QED) is 0.853. The van der Waals surface area contributed by atoms with Gasteiger partial charge in [0.1, 0.15) is 5.75 Å². The predicted octanol–water partition coefficient (Wildman–Crippen LogP) is 1.37. The van der Waals surface area contributed by atoms with Crippen LogP contribution < -0.4 is 15.4 Å². The lowest BCUT2D eigenvalue weighted by Gasteiger charge is -2.32. The first kappa shape index (κ1) is 18.1. The highest BCUT2D eigenvalue weighted by molar-refractivity contribution is 5.89. The minimum atomic E-state index is -0.217. The molecule has 0 saturated carbocycles. The van der Waals surface area contributed by atoms with Crippen molar-refractivity contribution in [1.29, 1.82) is 0 Å². The van der Waals surface area contributed by atoms with Gasteiger partial charge in [-0.1, -0.05) is 6.07 Å². The number of rotatable bonds is 5. The number of nitrogens with zero attached hydrogens (tertiary/aromatic N) is 2. The minimum Gasteiger partial charge on any atom is -0.497 e. The zero-order chi connectivity index (χ0) is 17.5. The van der Waals surface area contributed by atoms with Crippen LogP contribution in [0, 0.1) is 0 Å². The number of benzene rings is 1. The van der Waals surface area contributed by atoms with Crippen molar-refractivity contribution in [3.63, 3.8) is 0 Å². The topological polar surface area (TPSA) is 73.9 Å². The van der Waals surface area contributed by atoms with Gasteiger partial charge in [0, 0.05) is 45.0 Å². The number of ether oxygens (including phenoxy) is 1. The van der Waals surface area contributed by atoms with E-state index >= 15 is 0 Å². The van der Waals surface area contributed by atoms with Crippen molar-refractivity contribution in [1.82, 2.24) is 15.1 Å². The molecule has 0 aliphatic carbocycles. The summed E-state index contributed by atoms with van der Waals surface area (Å²) in [5.41, 5.74) is 0.695. The lowest BCUT2D eigenvalue weighted by molar-refractivity contribution is -0.130. The zero-order valence-electron chi connectivity index (χ0n) is 14.5. The van der Waals surface area contributed by atoms with Gasteiger partial charge in [0.15, 0.2) is 0 Å². The van der Waals surface area contributed by atoms with E-state index in [9.17, 15) is 9.59 Å². The molecule has 1 aliphatic heterocycles. The van der Waals surface area contributed by atoms with Gasteiger partial charge in [0.05, 0.1) is 13.7 Å². The van der Waals surface area contributed by atoms with Crippen LogP contribution >= 0.6 is 0 Å². The molecule has 1 saturated heterocycles. The summed E-state index contributed by atoms with van der Waals surface area (Å²) < 4.78 is 5.14. The lowest BCUT2D eigenvalue weighted by Crippen LogP contribution is -2.48. The molecular weight excluding hydrogens is 308 g/mol. The molecule has 0 aromatic heterocycles. The van der Waals surface area contributed by atoms with E-state index in [1.54, 1.807) is 32.2 Å². The first-order chi connectivity index (χ1) is 11.5. The summed E-state index contributed by atoms with van der Waals surface area (Å²) in [5, 5.41) is 5.81. The molecule has 132 valence electrons. The molecule has 1 aromatic rings. The number of carbonyl (C=O) groups is 2. The van der Waals surface area contributed by atoms with Gasteiger partial charge in [-0.25, -0.2) is 4.79 Å². The number of likely N-dealkylation sites (N-methyl/N-ethyl adjacent to an activating group) is 1. The molecule has 1 fully saturated rings. The molecule has 0 bridgehead atoms. The molecule has 3 amide bonds. The lowest BCUT2D eigenvalue weighted by atomic mass is 10.1. The van der Waals surface area contributed by atoms with Crippen molar-refractivity contribution in [2.45, 2.75) is 18.9 Å². The Morgan fingerprint density at radius 2 is 2.00 bits per heavy atom. The Morgan fingerprint density at radius 1 is 1.29 bits per heavy atom. The number of likely N-dealkylation sites (tertiary alicyclic amines) is 1. The van der Waals surface area contributed by atoms with Crippen molar-refractivity contribution in [2.24, 2.45) is 0 Å². The van der Waals surface area contributed by atoms with E-state index in [1.165, 1.54) is 0 Å². The molecule has 1 aromatic carbocycles. The molecular formula is C17H26N4O3. The van der Waals surface area contributed by atoms with Gasteiger partial charge in [-0.05, 0) is 25.0 Å². The van der Waals surface area contributed by atoms with Crippen molar-refractivity contribution < 1.29 is 14.3 Å². The molecule has 7 heteroatoms. The maximum atomic E-state index is 12.1. The highest BCUT2D eigenvalue weighted by atomic mass is 16.5. The van der Waals surface area contributed by atoms with Crippen LogP contribution in [0.3, 0.4) is 0 Å². The third kappa shape index (κ3) is 5.42. The fourth-order valence-corrected chi connectivity index (χ4v) is 2.62. The number of methoxy groups -OCH3 is 1. The van der Waals surface area contributed by atoms with Gasteiger partial charge in [0.2, 0.25) is 5.91 Å². The van der Waals surface area contributed by atoms with Crippen LogP contribution in [0.15, 0.2) is 24.3 Å². The van der Waals surface area contributed by atoms with E-state index in [4.69, 9.17) is 4.74 Å². The van der Waals surface area contributed by atoms with Crippen LogP contribution in [0.5, 0.6) is 5.75 Å². The second kappa shape index (κ2) is 8.54. The number of anilines is 1. The normalized spacial score (nSPS) is 15.6. The summed E-state index contributed by atoms with van der Waals surface area (Å²) in [4.78, 5) is 27.5. The molecule has 0 atom stereocenters. The highest BCUT2D eigenvalue weighted by Crippen LogP contribution is 2.17. The van der Waals surface area contributed by atoms with Gasteiger partial charge < -0.3 is 20.3 Å². The van der Waals surface area contributed by atoms with E-state index in [0.29, 0.717) is 18.0 Å². The van der Waals surface area contributed by atoms with Crippen LogP contribution in [0.25, 0.3) is 0 Å². The number of piperidine rings is 1. The Labute approximate surface area is 142 Å². The average Bonchev–Trinajstić information content (AvgIpc) is 2.56. The molecule has 0 spiro atoms. The minimum absolute atomic E-state index is 0.108. The van der Waals surface area contributed by atoms with Gasteiger partial charge in [-0.15, -0.1) is 0 Å². The monoisotopic (exact) mass is 334 g/mol. The fraction of sp³-hybridized carbons (Fsp3) is 0.529. The third-order valence-corrected chi connectivity index (χ3v) is 4.11. The number of nitrogens with one attached hydrogen (secondary N) is 2. The summed E-state index contributed by atoms with van der Waals surface area (Å²) >= 11 is 0. The SMILES string of the molecule is COc1cccc(NC(=O)NC2CCN(CC(=O)N(C)C)CC2)c1. The smallest absolute Gasteiger partial charge is 0.319 e. The molecule has 1 heterocycles. The molecule has 24 heavy (non-hydrogen) atoms. The van der Waals surface area contributed by atoms with Crippen molar-refractivity contribution in [3.05, 3.63) is 24.3 Å². The summed E-state index contributed by atoms with van der Waals surface area (Å²) in [6.07, 6.45) is 1.68. The second-order valence-corrected chi connectivity index (χ2v) is 6.17. The molecule has 0 unspecified atom stereocenters. The number of urea groups is 1. The van der Waals surface area contributed by atoms with Crippen LogP contribution in [0.4, 0.5) is 10.5 Å². The Hall–Kier alpha value is -2.28. The first-order valence-electron chi connectivity index (χ1n) is 8.12. The van der Waals surface area contributed by atoms with E-state index in [-0.39, 0.29) is 18.0 Å². The Kier molecular flexibility index (Phi) is 6.43. The average molecular weight is 334 g/mol. The largest absolute Gasteiger partial charge is 0.497 e. The van der Waals surface area contributed by atoms with Crippen LogP contribution in [0.2, 0.25) is 0 Å². The Balaban J connectivity index is 1.75. The molecule has 0 radical (unpaired) electrons. The fourth-order valence-electron chi connectivity index (χ4n) is 2.62. The third-order valence-electron chi connectivity index (χ3n) is 4.11. The summed E-state index contributed by atoms with van der Waals surface area (Å²) in [6.45, 7) is 2.06. The summed E-state index contributed by atoms with van der Waals surface area (Å²) in [5.74, 6) is 0.809. The maximum Gasteiger partial charge on any atom is 0.319 e. The number of hydrogen-bond donors (Lipinski definition) is 2.